The van der Waals surface area contributed by atoms with Crippen molar-refractivity contribution in [2.24, 2.45) is 4.99 Å². The molecule has 0 unspecified atom stereocenters. The van der Waals surface area contributed by atoms with E-state index < -0.39 is 14.6 Å². The Morgan fingerprint density at radius 3 is 2.72 bits per heavy atom. The molecule has 0 radical (unpaired) electrons. The first-order chi connectivity index (χ1) is 17.2. The number of hydrogen-bond acceptors (Lipinski definition) is 6. The standard InChI is InChI=1S/C28H26ClN3O3S/c1-17-13-25-22(16-27(17)36(33,34)28(2)8-11-35-12-9-28)24(7-10-30-25)31-19-4-6-23-21(15-19)20-5-3-18(29)14-26(20)32-23/h3-5,7,10,13-16H,6,8-9,11-12H2,1-2H3,(H,30,31). The number of halogens is 1. The van der Waals surface area contributed by atoms with E-state index in [0.29, 0.717) is 48.0 Å². The highest BCUT2D eigenvalue weighted by Crippen LogP contribution is 2.41. The van der Waals surface area contributed by atoms with Crippen LogP contribution in [-0.2, 0) is 14.6 Å². The molecule has 3 aromatic rings. The van der Waals surface area contributed by atoms with Crippen LogP contribution in [0.2, 0.25) is 5.02 Å². The fraction of sp³-hybridized carbons (Fsp3) is 0.286. The number of fused-ring (bicyclic) bond motifs is 4. The Morgan fingerprint density at radius 1 is 1.11 bits per heavy atom. The summed E-state index contributed by atoms with van der Waals surface area (Å²) in [5.41, 5.74) is 7.26. The topological polar surface area (TPSA) is 80.7 Å². The van der Waals surface area contributed by atoms with Crippen molar-refractivity contribution in [1.29, 1.82) is 0 Å². The summed E-state index contributed by atoms with van der Waals surface area (Å²) < 4.78 is 32.2. The van der Waals surface area contributed by atoms with E-state index in [9.17, 15) is 8.42 Å². The Bertz CT molecular complexity index is 1620. The van der Waals surface area contributed by atoms with Gasteiger partial charge in [0.1, 0.15) is 0 Å². The Labute approximate surface area is 215 Å². The Morgan fingerprint density at radius 2 is 1.92 bits per heavy atom. The number of nitrogens with zero attached hydrogens (tertiary/aromatic N) is 2. The van der Waals surface area contributed by atoms with Crippen LogP contribution >= 0.6 is 11.6 Å². The van der Waals surface area contributed by atoms with E-state index in [2.05, 4.69) is 22.5 Å². The predicted octanol–water partition coefficient (Wildman–Crippen LogP) is 6.41. The van der Waals surface area contributed by atoms with Crippen molar-refractivity contribution < 1.29 is 13.2 Å². The van der Waals surface area contributed by atoms with E-state index >= 15 is 0 Å². The molecular formula is C28H26ClN3O3S. The van der Waals surface area contributed by atoms with Gasteiger partial charge in [-0.05, 0) is 68.7 Å². The van der Waals surface area contributed by atoms with Gasteiger partial charge in [0.2, 0.25) is 0 Å². The Kier molecular flexibility index (Phi) is 5.55. The molecule has 1 fully saturated rings. The van der Waals surface area contributed by atoms with Gasteiger partial charge in [0.05, 0.1) is 26.6 Å². The van der Waals surface area contributed by atoms with E-state index in [-0.39, 0.29) is 0 Å². The van der Waals surface area contributed by atoms with Gasteiger partial charge in [-0.1, -0.05) is 23.7 Å². The van der Waals surface area contributed by atoms with Gasteiger partial charge in [-0.3, -0.25) is 9.98 Å². The number of ether oxygens (including phenoxy) is 1. The van der Waals surface area contributed by atoms with Gasteiger partial charge in [-0.15, -0.1) is 0 Å². The average molecular weight is 520 g/mol. The highest BCUT2D eigenvalue weighted by Gasteiger charge is 2.42. The van der Waals surface area contributed by atoms with Crippen molar-refractivity contribution in [3.05, 3.63) is 76.6 Å². The molecule has 184 valence electrons. The molecule has 1 saturated heterocycles. The second-order valence-electron chi connectivity index (χ2n) is 9.83. The number of sulfone groups is 1. The van der Waals surface area contributed by atoms with E-state index in [4.69, 9.17) is 21.3 Å². The molecule has 8 heteroatoms. The van der Waals surface area contributed by atoms with Gasteiger partial charge in [0.15, 0.2) is 9.84 Å². The van der Waals surface area contributed by atoms with Crippen LogP contribution in [-0.4, -0.2) is 37.1 Å². The van der Waals surface area contributed by atoms with E-state index in [1.165, 1.54) is 0 Å². The van der Waals surface area contributed by atoms with Crippen molar-refractivity contribution in [1.82, 2.24) is 4.98 Å². The van der Waals surface area contributed by atoms with Crippen LogP contribution in [0.15, 0.2) is 70.3 Å². The first-order valence-corrected chi connectivity index (χ1v) is 13.9. The first-order valence-electron chi connectivity index (χ1n) is 12.0. The van der Waals surface area contributed by atoms with Crippen LogP contribution in [0, 0.1) is 6.92 Å². The zero-order chi connectivity index (χ0) is 25.1. The predicted molar refractivity (Wildman–Crippen MR) is 145 cm³/mol. The zero-order valence-corrected chi connectivity index (χ0v) is 21.7. The van der Waals surface area contributed by atoms with Crippen LogP contribution in [0.3, 0.4) is 0 Å². The first kappa shape index (κ1) is 23.4. The van der Waals surface area contributed by atoms with Crippen molar-refractivity contribution in [3.8, 4) is 0 Å². The summed E-state index contributed by atoms with van der Waals surface area (Å²) in [6.07, 6.45) is 7.60. The Balaban J connectivity index is 1.38. The normalized spacial score (nSPS) is 18.7. The maximum absolute atomic E-state index is 13.8. The highest BCUT2D eigenvalue weighted by atomic mass is 35.5. The number of rotatable bonds is 4. The second-order valence-corrected chi connectivity index (χ2v) is 12.7. The smallest absolute Gasteiger partial charge is 0.184 e. The third-order valence-electron chi connectivity index (χ3n) is 7.44. The summed E-state index contributed by atoms with van der Waals surface area (Å²) in [5, 5.41) is 4.96. The quantitative estimate of drug-likeness (QED) is 0.431. The van der Waals surface area contributed by atoms with Crippen LogP contribution in [0.1, 0.15) is 37.3 Å². The van der Waals surface area contributed by atoms with E-state index in [1.54, 1.807) is 12.3 Å². The summed E-state index contributed by atoms with van der Waals surface area (Å²) in [6, 6.07) is 11.3. The zero-order valence-electron chi connectivity index (χ0n) is 20.1. The molecule has 3 heterocycles. The third kappa shape index (κ3) is 3.77. The number of benzene rings is 2. The number of nitrogens with one attached hydrogen (secondary N) is 1. The van der Waals surface area contributed by atoms with Gasteiger partial charge in [0.25, 0.3) is 0 Å². The number of pyridine rings is 1. The lowest BCUT2D eigenvalue weighted by atomic mass is 9.96. The van der Waals surface area contributed by atoms with Gasteiger partial charge < -0.3 is 10.1 Å². The summed E-state index contributed by atoms with van der Waals surface area (Å²) in [7, 11) is -3.57. The van der Waals surface area contributed by atoms with Crippen LogP contribution < -0.4 is 5.32 Å². The summed E-state index contributed by atoms with van der Waals surface area (Å²) in [5.74, 6) is 0. The van der Waals surface area contributed by atoms with Crippen LogP contribution in [0.4, 0.5) is 11.4 Å². The van der Waals surface area contributed by atoms with Gasteiger partial charge in [-0.25, -0.2) is 8.42 Å². The maximum Gasteiger partial charge on any atom is 0.184 e. The number of anilines is 1. The molecular weight excluding hydrogens is 494 g/mol. The van der Waals surface area contributed by atoms with Gasteiger partial charge >= 0.3 is 0 Å². The number of allylic oxidation sites excluding steroid dienone is 3. The molecule has 0 atom stereocenters. The SMILES string of the molecule is Cc1cc2nccc(NC3=CCC4=Nc5cc(Cl)ccc5C4=C3)c2cc1S(=O)(=O)C1(C)CCOCC1. The fourth-order valence-electron chi connectivity index (χ4n) is 5.18. The van der Waals surface area contributed by atoms with Crippen molar-refractivity contribution in [2.45, 2.75) is 42.8 Å². The molecule has 0 spiro atoms. The molecule has 1 aromatic heterocycles. The fourth-order valence-corrected chi connectivity index (χ4v) is 7.34. The minimum absolute atomic E-state index is 0.363. The monoisotopic (exact) mass is 519 g/mol. The lowest BCUT2D eigenvalue weighted by molar-refractivity contribution is 0.0789. The van der Waals surface area contributed by atoms with E-state index in [0.717, 1.165) is 44.8 Å². The molecule has 36 heavy (non-hydrogen) atoms. The molecule has 0 bridgehead atoms. The van der Waals surface area contributed by atoms with Crippen LogP contribution in [0.25, 0.3) is 16.5 Å². The lowest BCUT2D eigenvalue weighted by Crippen LogP contribution is -2.41. The molecule has 0 amide bonds. The molecule has 0 saturated carbocycles. The largest absolute Gasteiger partial charge is 0.381 e. The summed E-state index contributed by atoms with van der Waals surface area (Å²) in [4.78, 5) is 9.61. The van der Waals surface area contributed by atoms with Crippen molar-refractivity contribution in [3.63, 3.8) is 0 Å². The molecule has 2 aromatic carbocycles. The third-order valence-corrected chi connectivity index (χ3v) is 10.4. The molecule has 6 rings (SSSR count). The molecule has 2 aliphatic heterocycles. The maximum atomic E-state index is 13.8. The molecule has 1 N–H and O–H groups in total. The van der Waals surface area contributed by atoms with E-state index in [1.807, 2.05) is 44.2 Å². The van der Waals surface area contributed by atoms with Crippen molar-refractivity contribution in [2.75, 3.05) is 18.5 Å². The minimum Gasteiger partial charge on any atom is -0.381 e. The average Bonchev–Trinajstić information content (AvgIpc) is 3.21. The number of aryl methyl sites for hydroxylation is 1. The number of aromatic nitrogens is 1. The van der Waals surface area contributed by atoms with Gasteiger partial charge in [0, 0.05) is 58.8 Å². The Hall–Kier alpha value is -3.00. The van der Waals surface area contributed by atoms with Crippen LogP contribution in [0.5, 0.6) is 0 Å². The summed E-state index contributed by atoms with van der Waals surface area (Å²) in [6.45, 7) is 4.59. The molecule has 3 aliphatic rings. The molecule has 1 aliphatic carbocycles. The number of aliphatic imine (C=N–C) groups is 1. The second kappa shape index (κ2) is 8.54. The number of hydrogen-bond donors (Lipinski definition) is 1. The molecule has 6 nitrogen and oxygen atoms in total. The van der Waals surface area contributed by atoms with Gasteiger partial charge in [-0.2, -0.15) is 0 Å². The minimum atomic E-state index is -3.57. The highest BCUT2D eigenvalue weighted by molar-refractivity contribution is 7.92. The summed E-state index contributed by atoms with van der Waals surface area (Å²) >= 11 is 6.16. The van der Waals surface area contributed by atoms with Crippen molar-refractivity contribution >= 4 is 55.0 Å². The lowest BCUT2D eigenvalue weighted by Gasteiger charge is -2.33.